The summed E-state index contributed by atoms with van der Waals surface area (Å²) in [5.74, 6) is 0. The minimum Gasteiger partial charge on any atom is -0.336 e. The van der Waals surface area contributed by atoms with E-state index in [0.29, 0.717) is 6.04 Å². The highest BCUT2D eigenvalue weighted by Crippen LogP contribution is 2.17. The second-order valence-electron chi connectivity index (χ2n) is 4.64. The quantitative estimate of drug-likeness (QED) is 0.899. The van der Waals surface area contributed by atoms with E-state index in [9.17, 15) is 0 Å². The molecule has 0 radical (unpaired) electrons. The van der Waals surface area contributed by atoms with Crippen molar-refractivity contribution in [2.24, 2.45) is 0 Å². The molecule has 1 unspecified atom stereocenters. The Morgan fingerprint density at radius 2 is 2.28 bits per heavy atom. The molecule has 0 aliphatic heterocycles. The molecule has 0 amide bonds. The van der Waals surface area contributed by atoms with Crippen molar-refractivity contribution in [3.8, 4) is 0 Å². The lowest BCUT2D eigenvalue weighted by Gasteiger charge is -2.15. The molecule has 0 bridgehead atoms. The van der Waals surface area contributed by atoms with Crippen LogP contribution in [-0.4, -0.2) is 15.6 Å². The van der Waals surface area contributed by atoms with Gasteiger partial charge >= 0.3 is 0 Å². The van der Waals surface area contributed by atoms with Gasteiger partial charge in [-0.3, -0.25) is 0 Å². The standard InChI is InChI=1S/C14H18ClN3/c1-11-3-4-13(14(15)7-11)8-17-12(2)9-18-6-5-16-10-18/h3-7,10,12,17H,8-9H2,1-2H3. The number of nitrogens with zero attached hydrogens (tertiary/aromatic N) is 2. The summed E-state index contributed by atoms with van der Waals surface area (Å²) in [6.45, 7) is 5.89. The zero-order valence-corrected chi connectivity index (χ0v) is 11.5. The highest BCUT2D eigenvalue weighted by Gasteiger charge is 2.05. The van der Waals surface area contributed by atoms with Gasteiger partial charge in [0, 0.05) is 36.5 Å². The van der Waals surface area contributed by atoms with Gasteiger partial charge in [-0.25, -0.2) is 4.98 Å². The highest BCUT2D eigenvalue weighted by atomic mass is 35.5. The molecule has 1 atom stereocenters. The Kier molecular flexibility index (Phi) is 4.39. The Labute approximate surface area is 113 Å². The number of hydrogen-bond donors (Lipinski definition) is 1. The lowest BCUT2D eigenvalue weighted by Crippen LogP contribution is -2.29. The molecule has 1 aromatic carbocycles. The van der Waals surface area contributed by atoms with Crippen LogP contribution in [0.1, 0.15) is 18.1 Å². The van der Waals surface area contributed by atoms with Crippen LogP contribution in [0.15, 0.2) is 36.9 Å². The predicted molar refractivity (Wildman–Crippen MR) is 74.7 cm³/mol. The summed E-state index contributed by atoms with van der Waals surface area (Å²) < 4.78 is 2.06. The van der Waals surface area contributed by atoms with E-state index < -0.39 is 0 Å². The Balaban J connectivity index is 1.87. The minimum atomic E-state index is 0.372. The van der Waals surface area contributed by atoms with E-state index in [1.807, 2.05) is 25.5 Å². The summed E-state index contributed by atoms with van der Waals surface area (Å²) in [5, 5.41) is 4.30. The third-order valence-electron chi connectivity index (χ3n) is 2.89. The third kappa shape index (κ3) is 3.59. The van der Waals surface area contributed by atoms with Gasteiger partial charge in [0.25, 0.3) is 0 Å². The number of rotatable bonds is 5. The molecular formula is C14H18ClN3. The van der Waals surface area contributed by atoms with Crippen molar-refractivity contribution in [1.29, 1.82) is 0 Å². The van der Waals surface area contributed by atoms with Crippen molar-refractivity contribution in [3.63, 3.8) is 0 Å². The van der Waals surface area contributed by atoms with Gasteiger partial charge in [0.15, 0.2) is 0 Å². The van der Waals surface area contributed by atoms with Gasteiger partial charge in [0.1, 0.15) is 0 Å². The number of imidazole rings is 1. The molecule has 1 heterocycles. The number of aryl methyl sites for hydroxylation is 1. The van der Waals surface area contributed by atoms with E-state index in [1.54, 1.807) is 6.20 Å². The molecule has 96 valence electrons. The van der Waals surface area contributed by atoms with E-state index >= 15 is 0 Å². The molecule has 1 aromatic heterocycles. The Morgan fingerprint density at radius 1 is 1.44 bits per heavy atom. The minimum absolute atomic E-state index is 0.372. The van der Waals surface area contributed by atoms with Crippen LogP contribution in [0.5, 0.6) is 0 Å². The smallest absolute Gasteiger partial charge is 0.0946 e. The van der Waals surface area contributed by atoms with Crippen LogP contribution in [0.3, 0.4) is 0 Å². The molecule has 0 saturated heterocycles. The summed E-state index contributed by atoms with van der Waals surface area (Å²) in [6.07, 6.45) is 5.59. The molecule has 0 saturated carbocycles. The maximum atomic E-state index is 6.20. The van der Waals surface area contributed by atoms with Crippen molar-refractivity contribution in [2.75, 3.05) is 0 Å². The normalized spacial score (nSPS) is 12.6. The molecular weight excluding hydrogens is 246 g/mol. The van der Waals surface area contributed by atoms with Gasteiger partial charge in [-0.15, -0.1) is 0 Å². The molecule has 0 spiro atoms. The molecule has 18 heavy (non-hydrogen) atoms. The first-order valence-electron chi connectivity index (χ1n) is 6.09. The van der Waals surface area contributed by atoms with Crippen LogP contribution in [0.25, 0.3) is 0 Å². The summed E-state index contributed by atoms with van der Waals surface area (Å²) in [7, 11) is 0. The fourth-order valence-corrected chi connectivity index (χ4v) is 2.16. The first-order chi connectivity index (χ1) is 8.65. The lowest BCUT2D eigenvalue weighted by molar-refractivity contribution is 0.476. The Hall–Kier alpha value is -1.32. The fraction of sp³-hybridized carbons (Fsp3) is 0.357. The van der Waals surface area contributed by atoms with Crippen molar-refractivity contribution >= 4 is 11.6 Å². The topological polar surface area (TPSA) is 29.9 Å². The number of aromatic nitrogens is 2. The van der Waals surface area contributed by atoms with Gasteiger partial charge < -0.3 is 9.88 Å². The van der Waals surface area contributed by atoms with Gasteiger partial charge in [-0.2, -0.15) is 0 Å². The average Bonchev–Trinajstić information content (AvgIpc) is 2.80. The molecule has 2 aromatic rings. The third-order valence-corrected chi connectivity index (χ3v) is 3.25. The molecule has 1 N–H and O–H groups in total. The van der Waals surface area contributed by atoms with E-state index in [4.69, 9.17) is 11.6 Å². The van der Waals surface area contributed by atoms with Crippen molar-refractivity contribution < 1.29 is 0 Å². The van der Waals surface area contributed by atoms with E-state index in [-0.39, 0.29) is 0 Å². The van der Waals surface area contributed by atoms with Crippen molar-refractivity contribution in [3.05, 3.63) is 53.1 Å². The zero-order chi connectivity index (χ0) is 13.0. The molecule has 0 fully saturated rings. The van der Waals surface area contributed by atoms with Crippen LogP contribution in [-0.2, 0) is 13.1 Å². The van der Waals surface area contributed by atoms with E-state index in [2.05, 4.69) is 33.9 Å². The van der Waals surface area contributed by atoms with Crippen molar-refractivity contribution in [2.45, 2.75) is 33.0 Å². The number of nitrogens with one attached hydrogen (secondary N) is 1. The number of benzene rings is 1. The largest absolute Gasteiger partial charge is 0.336 e. The molecule has 4 heteroatoms. The van der Waals surface area contributed by atoms with Crippen molar-refractivity contribution in [1.82, 2.24) is 14.9 Å². The summed E-state index contributed by atoms with van der Waals surface area (Å²) >= 11 is 6.20. The maximum absolute atomic E-state index is 6.20. The Morgan fingerprint density at radius 3 is 2.94 bits per heavy atom. The molecule has 2 rings (SSSR count). The Bertz CT molecular complexity index is 494. The van der Waals surface area contributed by atoms with Gasteiger partial charge in [0.2, 0.25) is 0 Å². The summed E-state index contributed by atoms with van der Waals surface area (Å²) in [5.41, 5.74) is 2.33. The van der Waals surface area contributed by atoms with Gasteiger partial charge in [-0.05, 0) is 31.0 Å². The van der Waals surface area contributed by atoms with Crippen LogP contribution < -0.4 is 5.32 Å². The first-order valence-corrected chi connectivity index (χ1v) is 6.47. The second-order valence-corrected chi connectivity index (χ2v) is 5.04. The lowest BCUT2D eigenvalue weighted by atomic mass is 10.1. The number of halogens is 1. The maximum Gasteiger partial charge on any atom is 0.0946 e. The number of hydrogen-bond acceptors (Lipinski definition) is 2. The van der Waals surface area contributed by atoms with E-state index in [1.165, 1.54) is 5.56 Å². The van der Waals surface area contributed by atoms with Crippen LogP contribution in [0, 0.1) is 6.92 Å². The van der Waals surface area contributed by atoms with Gasteiger partial charge in [0.05, 0.1) is 6.33 Å². The summed E-state index contributed by atoms with van der Waals surface area (Å²) in [6, 6.07) is 6.54. The highest BCUT2D eigenvalue weighted by molar-refractivity contribution is 6.31. The molecule has 3 nitrogen and oxygen atoms in total. The fourth-order valence-electron chi connectivity index (χ4n) is 1.86. The molecule has 0 aliphatic carbocycles. The predicted octanol–water partition coefficient (Wildman–Crippen LogP) is 3.02. The van der Waals surface area contributed by atoms with Crippen LogP contribution in [0.4, 0.5) is 0 Å². The van der Waals surface area contributed by atoms with Crippen LogP contribution in [0.2, 0.25) is 5.02 Å². The zero-order valence-electron chi connectivity index (χ0n) is 10.7. The monoisotopic (exact) mass is 263 g/mol. The first kappa shape index (κ1) is 13.1. The SMILES string of the molecule is Cc1ccc(CNC(C)Cn2ccnc2)c(Cl)c1. The summed E-state index contributed by atoms with van der Waals surface area (Å²) in [4.78, 5) is 4.03. The average molecular weight is 264 g/mol. The molecule has 0 aliphatic rings. The van der Waals surface area contributed by atoms with Crippen LogP contribution >= 0.6 is 11.6 Å². The second kappa shape index (κ2) is 6.03. The van der Waals surface area contributed by atoms with E-state index in [0.717, 1.165) is 23.7 Å². The van der Waals surface area contributed by atoms with Gasteiger partial charge in [-0.1, -0.05) is 23.7 Å².